The number of rotatable bonds is 3. The van der Waals surface area contributed by atoms with Crippen LogP contribution in [0.4, 0.5) is 5.69 Å². The highest BCUT2D eigenvalue weighted by Crippen LogP contribution is 2.35. The lowest BCUT2D eigenvalue weighted by molar-refractivity contribution is -0.117. The molecule has 1 heterocycles. The minimum atomic E-state index is 0.0139. The number of nitriles is 1. The first-order chi connectivity index (χ1) is 9.51. The zero-order valence-corrected chi connectivity index (χ0v) is 13.8. The molecule has 1 amide bonds. The van der Waals surface area contributed by atoms with E-state index in [1.165, 1.54) is 18.7 Å². The van der Waals surface area contributed by atoms with Gasteiger partial charge in [0.1, 0.15) is 5.40 Å². The van der Waals surface area contributed by atoms with E-state index >= 15 is 0 Å². The molecule has 1 aliphatic rings. The molecule has 0 aliphatic carbocycles. The van der Waals surface area contributed by atoms with Crippen LogP contribution in [0.2, 0.25) is 0 Å². The molecule has 7 heteroatoms. The van der Waals surface area contributed by atoms with E-state index in [-0.39, 0.29) is 16.3 Å². The summed E-state index contributed by atoms with van der Waals surface area (Å²) in [7, 11) is 0. The Hall–Kier alpha value is -0.970. The SMILES string of the molecule is CC(=O)SC1CC(=O)N(c2ccc(SC#N)cc2Br)C1. The fraction of sp³-hybridized carbons (Fsp3) is 0.308. The fourth-order valence-electron chi connectivity index (χ4n) is 2.04. The first kappa shape index (κ1) is 15.4. The quantitative estimate of drug-likeness (QED) is 0.602. The highest BCUT2D eigenvalue weighted by atomic mass is 79.9. The zero-order chi connectivity index (χ0) is 14.7. The predicted molar refractivity (Wildman–Crippen MR) is 84.6 cm³/mol. The normalized spacial score (nSPS) is 18.1. The number of amides is 1. The molecule has 1 atom stereocenters. The van der Waals surface area contributed by atoms with Crippen LogP contribution < -0.4 is 4.90 Å². The number of benzene rings is 1. The van der Waals surface area contributed by atoms with E-state index in [0.717, 1.165) is 26.8 Å². The van der Waals surface area contributed by atoms with Gasteiger partial charge in [-0.25, -0.2) is 0 Å². The molecular weight excluding hydrogens is 360 g/mol. The van der Waals surface area contributed by atoms with Crippen LogP contribution in [0.1, 0.15) is 13.3 Å². The van der Waals surface area contributed by atoms with E-state index in [0.29, 0.717) is 13.0 Å². The van der Waals surface area contributed by atoms with Crippen molar-refractivity contribution in [2.75, 3.05) is 11.4 Å². The van der Waals surface area contributed by atoms with Crippen molar-refractivity contribution in [1.29, 1.82) is 5.26 Å². The van der Waals surface area contributed by atoms with Gasteiger partial charge in [-0.05, 0) is 45.9 Å². The van der Waals surface area contributed by atoms with Gasteiger partial charge in [-0.1, -0.05) is 11.8 Å². The molecule has 1 unspecified atom stereocenters. The molecule has 0 spiro atoms. The number of anilines is 1. The number of halogens is 1. The van der Waals surface area contributed by atoms with E-state index in [2.05, 4.69) is 15.9 Å². The van der Waals surface area contributed by atoms with Crippen molar-refractivity contribution in [3.8, 4) is 5.40 Å². The van der Waals surface area contributed by atoms with Gasteiger partial charge in [0, 0.05) is 34.5 Å². The summed E-state index contributed by atoms with van der Waals surface area (Å²) in [6.07, 6.45) is 0.380. The Kier molecular flexibility index (Phi) is 5.13. The Balaban J connectivity index is 2.18. The average molecular weight is 371 g/mol. The van der Waals surface area contributed by atoms with E-state index in [1.807, 2.05) is 23.6 Å². The molecule has 0 radical (unpaired) electrons. The first-order valence-corrected chi connectivity index (χ1v) is 8.33. The Bertz CT molecular complexity index is 601. The Labute approximate surface area is 134 Å². The van der Waals surface area contributed by atoms with Crippen LogP contribution in [0, 0.1) is 10.7 Å². The van der Waals surface area contributed by atoms with Gasteiger partial charge in [0.25, 0.3) is 0 Å². The number of nitrogens with zero attached hydrogens (tertiary/aromatic N) is 2. The molecule has 0 saturated carbocycles. The summed E-state index contributed by atoms with van der Waals surface area (Å²) >= 11 is 5.73. The smallest absolute Gasteiger partial charge is 0.228 e. The molecule has 0 N–H and O–H groups in total. The summed E-state index contributed by atoms with van der Waals surface area (Å²) in [6.45, 7) is 2.05. The summed E-state index contributed by atoms with van der Waals surface area (Å²) in [6, 6.07) is 5.46. The predicted octanol–water partition coefficient (Wildman–Crippen LogP) is 3.41. The lowest BCUT2D eigenvalue weighted by atomic mass is 10.3. The number of carbonyl (C=O) groups is 2. The van der Waals surface area contributed by atoms with E-state index in [4.69, 9.17) is 5.26 Å². The van der Waals surface area contributed by atoms with Gasteiger partial charge in [-0.2, -0.15) is 5.26 Å². The minimum absolute atomic E-state index is 0.0139. The fourth-order valence-corrected chi connectivity index (χ4v) is 4.13. The second kappa shape index (κ2) is 6.66. The standard InChI is InChI=1S/C13H11BrN2O2S2/c1-8(17)20-10-5-13(18)16(6-10)12-3-2-9(19-7-15)4-11(12)14/h2-4,10H,5-6H2,1H3. The molecule has 104 valence electrons. The van der Waals surface area contributed by atoms with Gasteiger partial charge < -0.3 is 4.90 Å². The Morgan fingerprint density at radius 2 is 2.30 bits per heavy atom. The summed E-state index contributed by atoms with van der Waals surface area (Å²) in [5, 5.41) is 10.7. The summed E-state index contributed by atoms with van der Waals surface area (Å²) in [5.41, 5.74) is 0.781. The second-order valence-electron chi connectivity index (χ2n) is 4.25. The first-order valence-electron chi connectivity index (χ1n) is 5.84. The Morgan fingerprint density at radius 3 is 2.90 bits per heavy atom. The van der Waals surface area contributed by atoms with Gasteiger partial charge in [0.2, 0.25) is 5.91 Å². The monoisotopic (exact) mass is 370 g/mol. The van der Waals surface area contributed by atoms with E-state index < -0.39 is 0 Å². The lowest BCUT2D eigenvalue weighted by Crippen LogP contribution is -2.25. The molecule has 20 heavy (non-hydrogen) atoms. The molecule has 0 bridgehead atoms. The van der Waals surface area contributed by atoms with Crippen molar-refractivity contribution in [2.45, 2.75) is 23.5 Å². The van der Waals surface area contributed by atoms with Crippen molar-refractivity contribution >= 4 is 56.2 Å². The summed E-state index contributed by atoms with van der Waals surface area (Å²) < 4.78 is 0.777. The summed E-state index contributed by atoms with van der Waals surface area (Å²) in [5.74, 6) is 0.0186. The molecule has 2 rings (SSSR count). The van der Waals surface area contributed by atoms with Crippen molar-refractivity contribution in [3.05, 3.63) is 22.7 Å². The molecule has 1 aromatic rings. The van der Waals surface area contributed by atoms with Gasteiger partial charge in [0.05, 0.1) is 5.69 Å². The molecule has 1 aromatic carbocycles. The molecule has 1 saturated heterocycles. The van der Waals surface area contributed by atoms with Crippen LogP contribution in [0.3, 0.4) is 0 Å². The van der Waals surface area contributed by atoms with Crippen molar-refractivity contribution < 1.29 is 9.59 Å². The van der Waals surface area contributed by atoms with Crippen molar-refractivity contribution in [1.82, 2.24) is 0 Å². The van der Waals surface area contributed by atoms with E-state index in [1.54, 1.807) is 4.90 Å². The van der Waals surface area contributed by atoms with E-state index in [9.17, 15) is 9.59 Å². The van der Waals surface area contributed by atoms with Crippen LogP contribution in [-0.4, -0.2) is 22.8 Å². The molecule has 4 nitrogen and oxygen atoms in total. The van der Waals surface area contributed by atoms with Crippen LogP contribution in [0.5, 0.6) is 0 Å². The van der Waals surface area contributed by atoms with Crippen LogP contribution >= 0.6 is 39.5 Å². The number of carbonyl (C=O) groups excluding carboxylic acids is 2. The van der Waals surface area contributed by atoms with Gasteiger partial charge in [0.15, 0.2) is 5.12 Å². The molecular formula is C13H11BrN2O2S2. The third-order valence-corrected chi connectivity index (χ3v) is 4.99. The number of hydrogen-bond donors (Lipinski definition) is 0. The molecule has 0 aromatic heterocycles. The molecule has 1 fully saturated rings. The highest BCUT2D eigenvalue weighted by Gasteiger charge is 2.32. The van der Waals surface area contributed by atoms with Crippen molar-refractivity contribution in [3.63, 3.8) is 0 Å². The topological polar surface area (TPSA) is 61.2 Å². The Morgan fingerprint density at radius 1 is 1.55 bits per heavy atom. The maximum absolute atomic E-state index is 12.1. The highest BCUT2D eigenvalue weighted by molar-refractivity contribution is 9.10. The van der Waals surface area contributed by atoms with Crippen LogP contribution in [-0.2, 0) is 9.59 Å². The third kappa shape index (κ3) is 3.57. The maximum Gasteiger partial charge on any atom is 0.228 e. The van der Waals surface area contributed by atoms with Gasteiger partial charge >= 0.3 is 0 Å². The maximum atomic E-state index is 12.1. The average Bonchev–Trinajstić information content (AvgIpc) is 2.70. The third-order valence-electron chi connectivity index (χ3n) is 2.80. The van der Waals surface area contributed by atoms with Crippen LogP contribution in [0.15, 0.2) is 27.6 Å². The van der Waals surface area contributed by atoms with Gasteiger partial charge in [-0.15, -0.1) is 0 Å². The van der Waals surface area contributed by atoms with Crippen molar-refractivity contribution in [2.24, 2.45) is 0 Å². The lowest BCUT2D eigenvalue weighted by Gasteiger charge is -2.18. The van der Waals surface area contributed by atoms with Gasteiger partial charge in [-0.3, -0.25) is 9.59 Å². The number of thioether (sulfide) groups is 2. The number of thiocyanates is 1. The summed E-state index contributed by atoms with van der Waals surface area (Å²) in [4.78, 5) is 25.7. The minimum Gasteiger partial charge on any atom is -0.310 e. The number of hydrogen-bond acceptors (Lipinski definition) is 5. The zero-order valence-electron chi connectivity index (χ0n) is 10.6. The van der Waals surface area contributed by atoms with Crippen LogP contribution in [0.25, 0.3) is 0 Å². The largest absolute Gasteiger partial charge is 0.310 e. The molecule has 1 aliphatic heterocycles. The second-order valence-corrected chi connectivity index (χ2v) is 7.44.